The van der Waals surface area contributed by atoms with Crippen LogP contribution in [0.15, 0.2) is 40.9 Å². The minimum atomic E-state index is -0.237. The zero-order chi connectivity index (χ0) is 16.9. The Hall–Kier alpha value is -2.83. The third kappa shape index (κ3) is 3.92. The van der Waals surface area contributed by atoms with Crippen molar-refractivity contribution in [1.29, 1.82) is 0 Å². The summed E-state index contributed by atoms with van der Waals surface area (Å²) in [6.07, 6.45) is 1.43. The van der Waals surface area contributed by atoms with Crippen molar-refractivity contribution in [3.63, 3.8) is 0 Å². The molecule has 0 bridgehead atoms. The minimum Gasteiger partial charge on any atom is -0.361 e. The van der Waals surface area contributed by atoms with Gasteiger partial charge >= 0.3 is 6.03 Å². The normalized spacial score (nSPS) is 15.1. The van der Waals surface area contributed by atoms with Gasteiger partial charge in [-0.25, -0.2) is 4.79 Å². The zero-order valence-corrected chi connectivity index (χ0v) is 13.5. The second-order valence-electron chi connectivity index (χ2n) is 5.85. The number of hydrogen-bond donors (Lipinski definition) is 2. The number of rotatable bonds is 3. The van der Waals surface area contributed by atoms with Gasteiger partial charge in [0.15, 0.2) is 5.69 Å². The highest BCUT2D eigenvalue weighted by Crippen LogP contribution is 2.14. The number of nitrogens with one attached hydrogen (secondary N) is 2. The highest BCUT2D eigenvalue weighted by molar-refractivity contribution is 5.92. The maximum Gasteiger partial charge on any atom is 0.321 e. The molecule has 2 heterocycles. The van der Waals surface area contributed by atoms with Gasteiger partial charge < -0.3 is 20.1 Å². The van der Waals surface area contributed by atoms with Crippen LogP contribution >= 0.6 is 0 Å². The first kappa shape index (κ1) is 16.0. The molecule has 24 heavy (non-hydrogen) atoms. The predicted octanol–water partition coefficient (Wildman–Crippen LogP) is 2.41. The van der Waals surface area contributed by atoms with E-state index in [1.165, 1.54) is 0 Å². The highest BCUT2D eigenvalue weighted by Gasteiger charge is 2.25. The summed E-state index contributed by atoms with van der Waals surface area (Å²) < 4.78 is 4.91. The van der Waals surface area contributed by atoms with Crippen LogP contribution in [0.1, 0.15) is 29.1 Å². The molecule has 0 unspecified atom stereocenters. The number of aromatic nitrogens is 1. The van der Waals surface area contributed by atoms with E-state index in [9.17, 15) is 9.59 Å². The molecule has 1 aromatic heterocycles. The van der Waals surface area contributed by atoms with Crippen LogP contribution in [0, 0.1) is 6.92 Å². The first-order valence-electron chi connectivity index (χ1n) is 7.97. The fourth-order valence-electron chi connectivity index (χ4n) is 2.68. The molecular formula is C17H20N4O3. The maximum atomic E-state index is 12.2. The van der Waals surface area contributed by atoms with Gasteiger partial charge in [0.05, 0.1) is 0 Å². The fourth-order valence-corrected chi connectivity index (χ4v) is 2.68. The molecule has 2 aromatic rings. The number of para-hydroxylation sites is 1. The molecule has 3 rings (SSSR count). The molecule has 0 aliphatic carbocycles. The molecule has 0 atom stereocenters. The van der Waals surface area contributed by atoms with E-state index in [1.54, 1.807) is 17.9 Å². The molecule has 0 spiro atoms. The second-order valence-corrected chi connectivity index (χ2v) is 5.85. The number of piperidine rings is 1. The third-order valence-electron chi connectivity index (χ3n) is 4.00. The smallest absolute Gasteiger partial charge is 0.321 e. The number of carbonyl (C=O) groups is 2. The number of anilines is 1. The summed E-state index contributed by atoms with van der Waals surface area (Å²) in [5.41, 5.74) is 1.07. The molecule has 7 heteroatoms. The Kier molecular flexibility index (Phi) is 4.79. The number of amides is 3. The molecule has 0 radical (unpaired) electrons. The number of hydrogen-bond acceptors (Lipinski definition) is 4. The van der Waals surface area contributed by atoms with E-state index in [0.717, 1.165) is 5.69 Å². The summed E-state index contributed by atoms with van der Waals surface area (Å²) in [5.74, 6) is 0.367. The average molecular weight is 328 g/mol. The van der Waals surface area contributed by atoms with Gasteiger partial charge in [-0.15, -0.1) is 0 Å². The van der Waals surface area contributed by atoms with Gasteiger partial charge in [-0.05, 0) is 31.9 Å². The van der Waals surface area contributed by atoms with Crippen molar-refractivity contribution in [2.45, 2.75) is 25.8 Å². The van der Waals surface area contributed by atoms with Crippen LogP contribution in [-0.4, -0.2) is 41.1 Å². The number of carbonyl (C=O) groups excluding carboxylic acids is 2. The van der Waals surface area contributed by atoms with Gasteiger partial charge in [0.25, 0.3) is 5.91 Å². The highest BCUT2D eigenvalue weighted by atomic mass is 16.5. The summed E-state index contributed by atoms with van der Waals surface area (Å²) in [6, 6.07) is 10.9. The number of aryl methyl sites for hydroxylation is 1. The monoisotopic (exact) mass is 328 g/mol. The molecule has 3 amide bonds. The van der Waals surface area contributed by atoms with Crippen LogP contribution in [0.3, 0.4) is 0 Å². The van der Waals surface area contributed by atoms with Gasteiger partial charge in [0.2, 0.25) is 0 Å². The predicted molar refractivity (Wildman–Crippen MR) is 88.8 cm³/mol. The Morgan fingerprint density at radius 3 is 2.54 bits per heavy atom. The van der Waals surface area contributed by atoms with E-state index in [-0.39, 0.29) is 23.7 Å². The van der Waals surface area contributed by atoms with Gasteiger partial charge in [-0.1, -0.05) is 23.4 Å². The van der Waals surface area contributed by atoms with E-state index in [1.807, 2.05) is 30.3 Å². The summed E-state index contributed by atoms with van der Waals surface area (Å²) >= 11 is 0. The Labute approximate surface area is 140 Å². The van der Waals surface area contributed by atoms with Crippen molar-refractivity contribution >= 4 is 17.6 Å². The molecular weight excluding hydrogens is 308 g/mol. The van der Waals surface area contributed by atoms with Crippen LogP contribution in [0.2, 0.25) is 0 Å². The Balaban J connectivity index is 1.47. The first-order valence-corrected chi connectivity index (χ1v) is 7.97. The molecule has 2 N–H and O–H groups in total. The van der Waals surface area contributed by atoms with Crippen LogP contribution < -0.4 is 10.6 Å². The number of nitrogens with zero attached hydrogens (tertiary/aromatic N) is 2. The lowest BCUT2D eigenvalue weighted by Gasteiger charge is -2.32. The minimum absolute atomic E-state index is 0.0373. The molecule has 126 valence electrons. The van der Waals surface area contributed by atoms with E-state index in [2.05, 4.69) is 15.8 Å². The van der Waals surface area contributed by atoms with Gasteiger partial charge in [0.1, 0.15) is 5.76 Å². The lowest BCUT2D eigenvalue weighted by Crippen LogP contribution is -2.47. The van der Waals surface area contributed by atoms with Crippen LogP contribution in [0.5, 0.6) is 0 Å². The molecule has 0 saturated carbocycles. The Bertz CT molecular complexity index is 706. The van der Waals surface area contributed by atoms with E-state index in [4.69, 9.17) is 4.52 Å². The quantitative estimate of drug-likeness (QED) is 0.906. The number of likely N-dealkylation sites (tertiary alicyclic amines) is 1. The summed E-state index contributed by atoms with van der Waals surface area (Å²) in [4.78, 5) is 26.0. The molecule has 1 aliphatic heterocycles. The van der Waals surface area contributed by atoms with Crippen LogP contribution in [0.4, 0.5) is 10.5 Å². The van der Waals surface area contributed by atoms with Crippen molar-refractivity contribution in [2.75, 3.05) is 18.4 Å². The SMILES string of the molecule is Cc1cc(C(=O)NC2CCN(C(=O)Nc3ccccc3)CC2)no1. The van der Waals surface area contributed by atoms with Gasteiger partial charge in [-0.3, -0.25) is 4.79 Å². The topological polar surface area (TPSA) is 87.5 Å². The van der Waals surface area contributed by atoms with Gasteiger partial charge in [0, 0.05) is 30.9 Å². The van der Waals surface area contributed by atoms with Crippen LogP contribution in [0.25, 0.3) is 0 Å². The fraction of sp³-hybridized carbons (Fsp3) is 0.353. The maximum absolute atomic E-state index is 12.2. The molecule has 1 aromatic carbocycles. The van der Waals surface area contributed by atoms with Crippen molar-refractivity contribution in [3.05, 3.63) is 47.9 Å². The first-order chi connectivity index (χ1) is 11.6. The summed E-state index contributed by atoms with van der Waals surface area (Å²) in [6.45, 7) is 2.94. The molecule has 1 saturated heterocycles. The van der Waals surface area contributed by atoms with Crippen molar-refractivity contribution in [2.24, 2.45) is 0 Å². The van der Waals surface area contributed by atoms with E-state index in [0.29, 0.717) is 31.7 Å². The zero-order valence-electron chi connectivity index (χ0n) is 13.5. The van der Waals surface area contributed by atoms with E-state index < -0.39 is 0 Å². The van der Waals surface area contributed by atoms with Crippen molar-refractivity contribution in [3.8, 4) is 0 Å². The van der Waals surface area contributed by atoms with Crippen molar-refractivity contribution in [1.82, 2.24) is 15.4 Å². The summed E-state index contributed by atoms with van der Waals surface area (Å²) in [7, 11) is 0. The average Bonchev–Trinajstić information content (AvgIpc) is 3.03. The number of urea groups is 1. The lowest BCUT2D eigenvalue weighted by atomic mass is 10.1. The second kappa shape index (κ2) is 7.16. The number of benzene rings is 1. The largest absolute Gasteiger partial charge is 0.361 e. The van der Waals surface area contributed by atoms with Gasteiger partial charge in [-0.2, -0.15) is 0 Å². The van der Waals surface area contributed by atoms with E-state index >= 15 is 0 Å². The van der Waals surface area contributed by atoms with Crippen LogP contribution in [-0.2, 0) is 0 Å². The Morgan fingerprint density at radius 1 is 1.21 bits per heavy atom. The third-order valence-corrected chi connectivity index (χ3v) is 4.00. The standard InChI is InChI=1S/C17H20N4O3/c1-12-11-15(20-24-12)16(22)18-14-7-9-21(10-8-14)17(23)19-13-5-3-2-4-6-13/h2-6,11,14H,7-10H2,1H3,(H,18,22)(H,19,23). The Morgan fingerprint density at radius 2 is 1.92 bits per heavy atom. The van der Waals surface area contributed by atoms with Crippen molar-refractivity contribution < 1.29 is 14.1 Å². The summed E-state index contributed by atoms with van der Waals surface area (Å²) in [5, 5.41) is 9.52. The molecule has 7 nitrogen and oxygen atoms in total. The lowest BCUT2D eigenvalue weighted by molar-refractivity contribution is 0.0910. The molecule has 1 fully saturated rings. The molecule has 1 aliphatic rings.